The van der Waals surface area contributed by atoms with Crippen molar-refractivity contribution in [3.63, 3.8) is 0 Å². The van der Waals surface area contributed by atoms with E-state index in [0.29, 0.717) is 17.9 Å². The van der Waals surface area contributed by atoms with Crippen molar-refractivity contribution in [2.24, 2.45) is 5.92 Å². The van der Waals surface area contributed by atoms with Gasteiger partial charge in [-0.15, -0.1) is 0 Å². The quantitative estimate of drug-likeness (QED) is 0.809. The van der Waals surface area contributed by atoms with Crippen molar-refractivity contribution >= 4 is 5.91 Å². The zero-order valence-corrected chi connectivity index (χ0v) is 12.0. The molecule has 2 heterocycles. The van der Waals surface area contributed by atoms with Crippen LogP contribution in [-0.4, -0.2) is 61.0 Å². The van der Waals surface area contributed by atoms with E-state index in [4.69, 9.17) is 0 Å². The van der Waals surface area contributed by atoms with Gasteiger partial charge >= 0.3 is 0 Å². The molecule has 0 aromatic carbocycles. The molecule has 2 saturated heterocycles. The summed E-state index contributed by atoms with van der Waals surface area (Å²) in [4.78, 5) is 16.3. The van der Waals surface area contributed by atoms with Crippen LogP contribution in [0.4, 0.5) is 0 Å². The van der Waals surface area contributed by atoms with Crippen molar-refractivity contribution in [1.29, 1.82) is 0 Å². The van der Waals surface area contributed by atoms with Crippen molar-refractivity contribution in [3.8, 4) is 0 Å². The number of piperidine rings is 1. The van der Waals surface area contributed by atoms with Gasteiger partial charge in [0.05, 0.1) is 6.04 Å². The van der Waals surface area contributed by atoms with Gasteiger partial charge in [-0.05, 0) is 38.3 Å². The second-order valence-corrected chi connectivity index (χ2v) is 6.13. The summed E-state index contributed by atoms with van der Waals surface area (Å²) in [6.07, 6.45) is 3.55. The fourth-order valence-electron chi connectivity index (χ4n) is 3.09. The first-order valence-electron chi connectivity index (χ1n) is 7.30. The van der Waals surface area contributed by atoms with Crippen LogP contribution in [0.5, 0.6) is 0 Å². The number of nitrogens with zero attached hydrogens (tertiary/aromatic N) is 2. The largest absolute Gasteiger partial charge is 0.344 e. The Kier molecular flexibility index (Phi) is 4.62. The second kappa shape index (κ2) is 6.02. The lowest BCUT2D eigenvalue weighted by Crippen LogP contribution is -2.48. The number of carbonyl (C=O) groups is 1. The van der Waals surface area contributed by atoms with Crippen molar-refractivity contribution in [3.05, 3.63) is 0 Å². The smallest absolute Gasteiger partial charge is 0.239 e. The van der Waals surface area contributed by atoms with E-state index < -0.39 is 0 Å². The minimum Gasteiger partial charge on any atom is -0.344 e. The van der Waals surface area contributed by atoms with E-state index in [1.54, 1.807) is 0 Å². The molecule has 2 rings (SSSR count). The molecular weight excluding hydrogens is 226 g/mol. The fourth-order valence-corrected chi connectivity index (χ4v) is 3.09. The first kappa shape index (κ1) is 13.8. The summed E-state index contributed by atoms with van der Waals surface area (Å²) in [5, 5.41) is 3.52. The Morgan fingerprint density at radius 2 is 2.11 bits per heavy atom. The van der Waals surface area contributed by atoms with Crippen LogP contribution in [0.1, 0.15) is 33.1 Å². The molecule has 4 nitrogen and oxygen atoms in total. The third kappa shape index (κ3) is 3.23. The summed E-state index contributed by atoms with van der Waals surface area (Å²) in [5.74, 6) is 1.03. The number of likely N-dealkylation sites (N-methyl/N-ethyl adjacent to an activating group) is 1. The number of hydrogen-bond donors (Lipinski definition) is 1. The van der Waals surface area contributed by atoms with Crippen molar-refractivity contribution in [2.75, 3.05) is 33.2 Å². The topological polar surface area (TPSA) is 35.6 Å². The third-order valence-corrected chi connectivity index (χ3v) is 4.21. The van der Waals surface area contributed by atoms with Crippen LogP contribution in [0.2, 0.25) is 0 Å². The van der Waals surface area contributed by atoms with Crippen LogP contribution >= 0.6 is 0 Å². The SMILES string of the molecule is CC(C)NCC1CCCN(C2CCN(C)C2=O)C1. The van der Waals surface area contributed by atoms with Gasteiger partial charge in [-0.3, -0.25) is 9.69 Å². The third-order valence-electron chi connectivity index (χ3n) is 4.21. The van der Waals surface area contributed by atoms with Crippen LogP contribution < -0.4 is 5.32 Å². The monoisotopic (exact) mass is 253 g/mol. The van der Waals surface area contributed by atoms with Gasteiger partial charge in [0.15, 0.2) is 0 Å². The van der Waals surface area contributed by atoms with Crippen LogP contribution in [0, 0.1) is 5.92 Å². The molecule has 2 aliphatic rings. The molecule has 0 aliphatic carbocycles. The van der Waals surface area contributed by atoms with E-state index in [1.807, 2.05) is 11.9 Å². The zero-order valence-electron chi connectivity index (χ0n) is 12.0. The maximum atomic E-state index is 12.0. The predicted octanol–water partition coefficient (Wildman–Crippen LogP) is 0.927. The normalized spacial score (nSPS) is 30.4. The molecule has 0 aromatic rings. The first-order chi connectivity index (χ1) is 8.58. The number of hydrogen-bond acceptors (Lipinski definition) is 3. The number of carbonyl (C=O) groups excluding carboxylic acids is 1. The molecule has 104 valence electrons. The van der Waals surface area contributed by atoms with Gasteiger partial charge in [0.1, 0.15) is 0 Å². The average Bonchev–Trinajstić information content (AvgIpc) is 2.68. The van der Waals surface area contributed by atoms with Crippen molar-refractivity contribution < 1.29 is 4.79 Å². The first-order valence-corrected chi connectivity index (χ1v) is 7.30. The molecule has 18 heavy (non-hydrogen) atoms. The lowest BCUT2D eigenvalue weighted by Gasteiger charge is -2.36. The molecule has 0 radical (unpaired) electrons. The summed E-state index contributed by atoms with van der Waals surface area (Å²) in [7, 11) is 1.92. The van der Waals surface area contributed by atoms with E-state index in [2.05, 4.69) is 24.1 Å². The summed E-state index contributed by atoms with van der Waals surface area (Å²) in [6.45, 7) is 8.58. The maximum absolute atomic E-state index is 12.0. The molecule has 0 bridgehead atoms. The van der Waals surface area contributed by atoms with Gasteiger partial charge in [-0.1, -0.05) is 13.8 Å². The molecule has 1 N–H and O–H groups in total. The Morgan fingerprint density at radius 3 is 2.72 bits per heavy atom. The highest BCUT2D eigenvalue weighted by molar-refractivity contribution is 5.83. The predicted molar refractivity (Wildman–Crippen MR) is 73.5 cm³/mol. The second-order valence-electron chi connectivity index (χ2n) is 6.13. The van der Waals surface area contributed by atoms with Crippen LogP contribution in [0.15, 0.2) is 0 Å². The van der Waals surface area contributed by atoms with Crippen molar-refractivity contribution in [1.82, 2.24) is 15.1 Å². The summed E-state index contributed by atoms with van der Waals surface area (Å²) < 4.78 is 0. The molecule has 0 aromatic heterocycles. The summed E-state index contributed by atoms with van der Waals surface area (Å²) >= 11 is 0. The van der Waals surface area contributed by atoms with Gasteiger partial charge in [-0.2, -0.15) is 0 Å². The van der Waals surface area contributed by atoms with Gasteiger partial charge < -0.3 is 10.2 Å². The Hall–Kier alpha value is -0.610. The minimum atomic E-state index is 0.164. The van der Waals surface area contributed by atoms with E-state index >= 15 is 0 Å². The van der Waals surface area contributed by atoms with Gasteiger partial charge in [0, 0.05) is 26.2 Å². The highest BCUT2D eigenvalue weighted by Crippen LogP contribution is 2.23. The maximum Gasteiger partial charge on any atom is 0.239 e. The summed E-state index contributed by atoms with van der Waals surface area (Å²) in [5.41, 5.74) is 0. The van der Waals surface area contributed by atoms with E-state index in [1.165, 1.54) is 12.8 Å². The fraction of sp³-hybridized carbons (Fsp3) is 0.929. The summed E-state index contributed by atoms with van der Waals surface area (Å²) in [6, 6.07) is 0.719. The Labute approximate surface area is 111 Å². The molecule has 2 aliphatic heterocycles. The lowest BCUT2D eigenvalue weighted by molar-refractivity contribution is -0.131. The van der Waals surface area contributed by atoms with E-state index in [0.717, 1.165) is 32.6 Å². The molecule has 2 atom stereocenters. The number of likely N-dealkylation sites (tertiary alicyclic amines) is 2. The Morgan fingerprint density at radius 1 is 1.33 bits per heavy atom. The molecular formula is C14H27N3O. The van der Waals surface area contributed by atoms with E-state index in [9.17, 15) is 4.79 Å². The number of rotatable bonds is 4. The highest BCUT2D eigenvalue weighted by Gasteiger charge is 2.35. The average molecular weight is 253 g/mol. The number of nitrogens with one attached hydrogen (secondary N) is 1. The van der Waals surface area contributed by atoms with E-state index in [-0.39, 0.29) is 6.04 Å². The minimum absolute atomic E-state index is 0.164. The Bertz CT molecular complexity index is 293. The van der Waals surface area contributed by atoms with Gasteiger partial charge in [-0.25, -0.2) is 0 Å². The molecule has 2 unspecified atom stereocenters. The molecule has 1 amide bonds. The van der Waals surface area contributed by atoms with Crippen LogP contribution in [0.3, 0.4) is 0 Å². The standard InChI is InChI=1S/C14H27N3O/c1-11(2)15-9-12-5-4-7-17(10-12)13-6-8-16(3)14(13)18/h11-13,15H,4-10H2,1-3H3. The molecule has 2 fully saturated rings. The zero-order chi connectivity index (χ0) is 13.1. The van der Waals surface area contributed by atoms with Crippen LogP contribution in [-0.2, 0) is 4.79 Å². The van der Waals surface area contributed by atoms with Gasteiger partial charge in [0.2, 0.25) is 5.91 Å². The Balaban J connectivity index is 1.85. The highest BCUT2D eigenvalue weighted by atomic mass is 16.2. The molecule has 0 spiro atoms. The lowest BCUT2D eigenvalue weighted by atomic mass is 9.96. The van der Waals surface area contributed by atoms with Crippen molar-refractivity contribution in [2.45, 2.75) is 45.2 Å². The molecule has 4 heteroatoms. The van der Waals surface area contributed by atoms with Gasteiger partial charge in [0.25, 0.3) is 0 Å². The van der Waals surface area contributed by atoms with Crippen LogP contribution in [0.25, 0.3) is 0 Å². The number of amides is 1. The molecule has 0 saturated carbocycles.